The third-order valence-electron chi connectivity index (χ3n) is 3.25. The van der Waals surface area contributed by atoms with Crippen LogP contribution in [0.3, 0.4) is 0 Å². The summed E-state index contributed by atoms with van der Waals surface area (Å²) in [5, 5.41) is 1.16. The molecule has 0 aliphatic rings. The minimum atomic E-state index is 0. The third-order valence-corrected chi connectivity index (χ3v) is 4.15. The zero-order chi connectivity index (χ0) is 16.8. The van der Waals surface area contributed by atoms with E-state index in [4.69, 9.17) is 4.74 Å². The molecule has 0 atom stereocenters. The van der Waals surface area contributed by atoms with Crippen LogP contribution >= 0.6 is 11.8 Å². The van der Waals surface area contributed by atoms with E-state index in [-0.39, 0.29) is 1.43 Å². The first kappa shape index (κ1) is 17.0. The minimum Gasteiger partial charge on any atom is -0.480 e. The first-order valence-electron chi connectivity index (χ1n) is 7.23. The van der Waals surface area contributed by atoms with Crippen LogP contribution in [0, 0.1) is 0 Å². The molecular formula is C17H21N3O2S. The van der Waals surface area contributed by atoms with Crippen molar-refractivity contribution >= 4 is 29.1 Å². The maximum Gasteiger partial charge on any atom is 0.227 e. The molecular weight excluding hydrogens is 310 g/mol. The van der Waals surface area contributed by atoms with Crippen LogP contribution in [0.4, 0.5) is 0 Å². The Balaban J connectivity index is 0.00000288. The molecule has 0 radical (unpaired) electrons. The summed E-state index contributed by atoms with van der Waals surface area (Å²) < 4.78 is 5.36. The smallest absolute Gasteiger partial charge is 0.227 e. The molecule has 2 rings (SSSR count). The summed E-state index contributed by atoms with van der Waals surface area (Å²) in [5.74, 6) is 0.394. The lowest BCUT2D eigenvalue weighted by molar-refractivity contribution is 0.112. The lowest BCUT2D eigenvalue weighted by Gasteiger charge is -2.05. The summed E-state index contributed by atoms with van der Waals surface area (Å²) in [7, 11) is 1.54. The molecule has 5 nitrogen and oxygen atoms in total. The van der Waals surface area contributed by atoms with Gasteiger partial charge >= 0.3 is 0 Å². The van der Waals surface area contributed by atoms with Gasteiger partial charge in [-0.2, -0.15) is 4.98 Å². The molecule has 0 aromatic carbocycles. The van der Waals surface area contributed by atoms with Crippen molar-refractivity contribution in [2.75, 3.05) is 7.11 Å². The Labute approximate surface area is 141 Å². The molecule has 23 heavy (non-hydrogen) atoms. The molecule has 0 aliphatic heterocycles. The number of carbonyl (C=O) groups excluding carboxylic acids is 1. The number of H-pyrrole nitrogens is 1. The normalized spacial score (nSPS) is 12.0. The summed E-state index contributed by atoms with van der Waals surface area (Å²) in [6.45, 7) is 7.71. The number of nitrogens with one attached hydrogen (secondary N) is 1. The van der Waals surface area contributed by atoms with Gasteiger partial charge in [-0.15, -0.1) is 0 Å². The number of rotatable bonds is 7. The van der Waals surface area contributed by atoms with Crippen molar-refractivity contribution in [3.05, 3.63) is 47.0 Å². The molecule has 0 saturated carbocycles. The van der Waals surface area contributed by atoms with Crippen LogP contribution in [0.1, 0.15) is 31.3 Å². The van der Waals surface area contributed by atoms with Crippen molar-refractivity contribution in [1.82, 2.24) is 15.0 Å². The SMILES string of the molecule is C=C/C(=C\C=C/C)Sc1nc(OC)c2c(C=O)c(CC)[nH]c2n1.[HH]. The van der Waals surface area contributed by atoms with Gasteiger partial charge in [-0.25, -0.2) is 4.98 Å². The zero-order valence-electron chi connectivity index (χ0n) is 13.4. The van der Waals surface area contributed by atoms with Crippen molar-refractivity contribution in [2.24, 2.45) is 0 Å². The number of methoxy groups -OCH3 is 1. The maximum atomic E-state index is 11.4. The number of hydrogen-bond donors (Lipinski definition) is 1. The predicted octanol–water partition coefficient (Wildman–Crippen LogP) is 4.33. The Bertz CT molecular complexity index is 797. The molecule has 2 aromatic rings. The lowest BCUT2D eigenvalue weighted by Crippen LogP contribution is -1.95. The summed E-state index contributed by atoms with van der Waals surface area (Å²) >= 11 is 1.38. The highest BCUT2D eigenvalue weighted by Gasteiger charge is 2.18. The first-order chi connectivity index (χ1) is 11.2. The second kappa shape index (κ2) is 7.78. The van der Waals surface area contributed by atoms with Gasteiger partial charge in [0.1, 0.15) is 5.65 Å². The van der Waals surface area contributed by atoms with E-state index >= 15 is 0 Å². The van der Waals surface area contributed by atoms with E-state index in [9.17, 15) is 4.79 Å². The molecule has 122 valence electrons. The fourth-order valence-electron chi connectivity index (χ4n) is 2.16. The highest BCUT2D eigenvalue weighted by atomic mass is 32.2. The molecule has 2 heterocycles. The molecule has 0 unspecified atom stereocenters. The number of allylic oxidation sites excluding steroid dienone is 4. The van der Waals surface area contributed by atoms with Gasteiger partial charge in [0, 0.05) is 12.0 Å². The Hall–Kier alpha value is -2.34. The Kier molecular flexibility index (Phi) is 5.76. The van der Waals surface area contributed by atoms with Crippen molar-refractivity contribution in [2.45, 2.75) is 25.4 Å². The van der Waals surface area contributed by atoms with Crippen molar-refractivity contribution in [3.63, 3.8) is 0 Å². The van der Waals surface area contributed by atoms with Gasteiger partial charge in [0.15, 0.2) is 11.4 Å². The molecule has 6 heteroatoms. The average molecular weight is 331 g/mol. The minimum absolute atomic E-state index is 0. The van der Waals surface area contributed by atoms with Gasteiger partial charge < -0.3 is 9.72 Å². The Morgan fingerprint density at radius 3 is 2.83 bits per heavy atom. The molecule has 1 N–H and O–H groups in total. The molecule has 0 bridgehead atoms. The Morgan fingerprint density at radius 1 is 1.48 bits per heavy atom. The monoisotopic (exact) mass is 331 g/mol. The number of nitrogens with zero attached hydrogens (tertiary/aromatic N) is 2. The molecule has 2 aromatic heterocycles. The summed E-state index contributed by atoms with van der Waals surface area (Å²) in [6, 6.07) is 0. The van der Waals surface area contributed by atoms with Crippen LogP contribution in [-0.4, -0.2) is 28.3 Å². The number of thioether (sulfide) groups is 1. The number of aromatic amines is 1. The van der Waals surface area contributed by atoms with Gasteiger partial charge in [-0.3, -0.25) is 4.79 Å². The summed E-state index contributed by atoms with van der Waals surface area (Å²) in [5.41, 5.74) is 2.00. The summed E-state index contributed by atoms with van der Waals surface area (Å²) in [6.07, 6.45) is 9.05. The van der Waals surface area contributed by atoms with Crippen LogP contribution in [0.2, 0.25) is 0 Å². The molecule has 0 saturated heterocycles. The van der Waals surface area contributed by atoms with E-state index in [1.807, 2.05) is 32.1 Å². The topological polar surface area (TPSA) is 67.9 Å². The predicted molar refractivity (Wildman–Crippen MR) is 96.3 cm³/mol. The second-order valence-corrected chi connectivity index (χ2v) is 5.67. The molecule has 0 aliphatic carbocycles. The Morgan fingerprint density at radius 2 is 2.26 bits per heavy atom. The van der Waals surface area contributed by atoms with Gasteiger partial charge in [0.2, 0.25) is 5.88 Å². The number of hydrogen-bond acceptors (Lipinski definition) is 5. The van der Waals surface area contributed by atoms with Crippen LogP contribution in [-0.2, 0) is 6.42 Å². The van der Waals surface area contributed by atoms with Crippen LogP contribution < -0.4 is 4.74 Å². The van der Waals surface area contributed by atoms with Crippen molar-refractivity contribution in [1.29, 1.82) is 0 Å². The van der Waals surface area contributed by atoms with E-state index in [0.29, 0.717) is 34.1 Å². The van der Waals surface area contributed by atoms with Gasteiger partial charge in [-0.05, 0) is 31.2 Å². The quantitative estimate of drug-likeness (QED) is 0.354. The van der Waals surface area contributed by atoms with Crippen LogP contribution in [0.15, 0.2) is 40.9 Å². The van der Waals surface area contributed by atoms with E-state index in [0.717, 1.165) is 16.9 Å². The van der Waals surface area contributed by atoms with Crippen LogP contribution in [0.25, 0.3) is 11.0 Å². The number of aldehydes is 1. The van der Waals surface area contributed by atoms with E-state index in [2.05, 4.69) is 21.5 Å². The molecule has 0 amide bonds. The van der Waals surface area contributed by atoms with Gasteiger partial charge in [-0.1, -0.05) is 31.7 Å². The highest BCUT2D eigenvalue weighted by molar-refractivity contribution is 8.03. The fourth-order valence-corrected chi connectivity index (χ4v) is 2.86. The fraction of sp³-hybridized carbons (Fsp3) is 0.235. The lowest BCUT2D eigenvalue weighted by atomic mass is 10.2. The number of carbonyl (C=O) groups is 1. The number of fused-ring (bicyclic) bond motifs is 1. The summed E-state index contributed by atoms with van der Waals surface area (Å²) in [4.78, 5) is 24.4. The highest BCUT2D eigenvalue weighted by Crippen LogP contribution is 2.32. The number of ether oxygens (including phenoxy) is 1. The second-order valence-electron chi connectivity index (χ2n) is 4.63. The van der Waals surface area contributed by atoms with Crippen molar-refractivity contribution < 1.29 is 11.0 Å². The first-order valence-corrected chi connectivity index (χ1v) is 8.05. The maximum absolute atomic E-state index is 11.4. The average Bonchev–Trinajstić information content (AvgIpc) is 2.95. The third kappa shape index (κ3) is 3.53. The van der Waals surface area contributed by atoms with E-state index in [1.165, 1.54) is 18.9 Å². The molecule has 0 spiro atoms. The van der Waals surface area contributed by atoms with E-state index < -0.39 is 0 Å². The molecule has 0 fully saturated rings. The number of aromatic nitrogens is 3. The zero-order valence-corrected chi connectivity index (χ0v) is 14.2. The largest absolute Gasteiger partial charge is 0.480 e. The van der Waals surface area contributed by atoms with Crippen molar-refractivity contribution in [3.8, 4) is 5.88 Å². The standard InChI is InChI=1S/C17H19N3O2S.H2/c1-5-8-9-11(6-2)23-17-19-15-14(16(20-17)22-4)12(10-21)13(7-3)18-15;/h5-6,8-10H,2,7H2,1,3-4H3,(H,18,19,20);1H/b8-5-,11-9+;. The van der Waals surface area contributed by atoms with E-state index in [1.54, 1.807) is 6.08 Å². The van der Waals surface area contributed by atoms with Gasteiger partial charge in [0.05, 0.1) is 18.1 Å². The van der Waals surface area contributed by atoms with Gasteiger partial charge in [0.25, 0.3) is 0 Å². The number of aryl methyl sites for hydroxylation is 1. The van der Waals surface area contributed by atoms with Crippen LogP contribution in [0.5, 0.6) is 5.88 Å².